The lowest BCUT2D eigenvalue weighted by molar-refractivity contribution is 0.0959. The molecule has 1 aromatic rings. The monoisotopic (exact) mass is 306 g/mol. The molecule has 0 aliphatic heterocycles. The van der Waals surface area contributed by atoms with Crippen molar-refractivity contribution in [2.75, 3.05) is 6.54 Å². The van der Waals surface area contributed by atoms with Gasteiger partial charge in [0.15, 0.2) is 0 Å². The number of hydrogen-bond acceptors (Lipinski definition) is 3. The Morgan fingerprint density at radius 3 is 2.87 bits per heavy atom. The van der Waals surface area contributed by atoms with Gasteiger partial charge in [-0.15, -0.1) is 11.3 Å². The largest absolute Gasteiger partial charge is 0.393 e. The molecular weight excluding hydrogens is 296 g/mol. The van der Waals surface area contributed by atoms with Crippen LogP contribution in [0.2, 0.25) is 0 Å². The number of carbonyl (C=O) groups excluding carboxylic acids is 1. The number of amides is 1. The Bertz CT molecular complexity index is 370. The number of aryl methyl sites for hydroxylation is 1. The number of nitrogens with two attached hydrogens (primary N) is 1. The summed E-state index contributed by atoms with van der Waals surface area (Å²) in [5.41, 5.74) is 6.39. The van der Waals surface area contributed by atoms with Crippen molar-refractivity contribution in [2.24, 2.45) is 5.73 Å². The van der Waals surface area contributed by atoms with E-state index in [1.54, 1.807) is 0 Å². The van der Waals surface area contributed by atoms with E-state index in [9.17, 15) is 4.79 Å². The van der Waals surface area contributed by atoms with E-state index in [0.29, 0.717) is 22.8 Å². The first-order chi connectivity index (χ1) is 7.00. The van der Waals surface area contributed by atoms with Crippen molar-refractivity contribution >= 4 is 50.4 Å². The second-order valence-electron chi connectivity index (χ2n) is 3.04. The van der Waals surface area contributed by atoms with Crippen molar-refractivity contribution in [3.05, 3.63) is 20.3 Å². The molecule has 0 aromatic carbocycles. The van der Waals surface area contributed by atoms with E-state index < -0.39 is 0 Å². The van der Waals surface area contributed by atoms with Crippen molar-refractivity contribution in [1.29, 1.82) is 0 Å². The Kier molecular flexibility index (Phi) is 4.69. The van der Waals surface area contributed by atoms with Crippen molar-refractivity contribution < 1.29 is 4.79 Å². The van der Waals surface area contributed by atoms with Crippen LogP contribution in [0.15, 0.2) is 9.85 Å². The number of carbonyl (C=O) groups is 1. The third-order valence-corrected chi connectivity index (χ3v) is 4.08. The van der Waals surface area contributed by atoms with Gasteiger partial charge in [-0.2, -0.15) is 0 Å². The van der Waals surface area contributed by atoms with E-state index in [4.69, 9.17) is 18.0 Å². The third kappa shape index (κ3) is 3.89. The Hall–Kier alpha value is -0.460. The molecule has 0 aliphatic carbocycles. The number of rotatable bonds is 4. The highest BCUT2D eigenvalue weighted by atomic mass is 79.9. The summed E-state index contributed by atoms with van der Waals surface area (Å²) in [5.74, 6) is -0.0787. The first-order valence-corrected chi connectivity index (χ1v) is 6.35. The van der Waals surface area contributed by atoms with E-state index in [-0.39, 0.29) is 5.91 Å². The van der Waals surface area contributed by atoms with Crippen LogP contribution >= 0.6 is 39.5 Å². The number of thiophene rings is 1. The molecule has 0 fully saturated rings. The van der Waals surface area contributed by atoms with Gasteiger partial charge in [-0.05, 0) is 34.5 Å². The van der Waals surface area contributed by atoms with Crippen molar-refractivity contribution in [2.45, 2.75) is 13.3 Å². The predicted molar refractivity (Wildman–Crippen MR) is 70.5 cm³/mol. The van der Waals surface area contributed by atoms with Crippen LogP contribution in [-0.2, 0) is 0 Å². The highest BCUT2D eigenvalue weighted by Crippen LogP contribution is 2.27. The SMILES string of the molecule is Cc1cc(C(=O)NCCC(N)=S)sc1Br. The van der Waals surface area contributed by atoms with Crippen LogP contribution in [0.3, 0.4) is 0 Å². The second-order valence-corrected chi connectivity index (χ2v) is 5.93. The molecule has 0 saturated heterocycles. The summed E-state index contributed by atoms with van der Waals surface area (Å²) in [6.45, 7) is 2.44. The standard InChI is InChI=1S/C9H11BrN2OS2/c1-5-4-6(15-8(5)10)9(13)12-3-2-7(11)14/h4H,2-3H2,1H3,(H2,11,14)(H,12,13). The first-order valence-electron chi connectivity index (χ1n) is 4.33. The summed E-state index contributed by atoms with van der Waals surface area (Å²) in [4.78, 5) is 12.7. The Labute approximate surface area is 106 Å². The van der Waals surface area contributed by atoms with E-state index in [1.807, 2.05) is 13.0 Å². The summed E-state index contributed by atoms with van der Waals surface area (Å²) >= 11 is 9.51. The topological polar surface area (TPSA) is 55.1 Å². The van der Waals surface area contributed by atoms with Crippen LogP contribution in [0.4, 0.5) is 0 Å². The summed E-state index contributed by atoms with van der Waals surface area (Å²) in [6, 6.07) is 1.85. The van der Waals surface area contributed by atoms with Gasteiger partial charge in [0.1, 0.15) is 0 Å². The van der Waals surface area contributed by atoms with E-state index >= 15 is 0 Å². The smallest absolute Gasteiger partial charge is 0.261 e. The molecule has 15 heavy (non-hydrogen) atoms. The number of hydrogen-bond donors (Lipinski definition) is 2. The van der Waals surface area contributed by atoms with Gasteiger partial charge in [0.2, 0.25) is 0 Å². The molecule has 0 bridgehead atoms. The minimum atomic E-state index is -0.0787. The number of nitrogens with one attached hydrogen (secondary N) is 1. The normalized spacial score (nSPS) is 10.0. The van der Waals surface area contributed by atoms with Gasteiger partial charge in [-0.1, -0.05) is 12.2 Å². The van der Waals surface area contributed by atoms with Gasteiger partial charge < -0.3 is 11.1 Å². The van der Waals surface area contributed by atoms with Crippen LogP contribution in [0.1, 0.15) is 21.7 Å². The molecule has 82 valence electrons. The van der Waals surface area contributed by atoms with Crippen LogP contribution in [0.25, 0.3) is 0 Å². The highest BCUT2D eigenvalue weighted by Gasteiger charge is 2.10. The van der Waals surface area contributed by atoms with Crippen LogP contribution < -0.4 is 11.1 Å². The zero-order valence-electron chi connectivity index (χ0n) is 8.17. The zero-order chi connectivity index (χ0) is 11.4. The van der Waals surface area contributed by atoms with Gasteiger partial charge in [0, 0.05) is 13.0 Å². The van der Waals surface area contributed by atoms with Crippen molar-refractivity contribution in [1.82, 2.24) is 5.32 Å². The first kappa shape index (κ1) is 12.6. The Balaban J connectivity index is 2.50. The molecular formula is C9H11BrN2OS2. The molecule has 1 amide bonds. The van der Waals surface area contributed by atoms with Gasteiger partial charge >= 0.3 is 0 Å². The van der Waals surface area contributed by atoms with E-state index in [0.717, 1.165) is 9.35 Å². The molecule has 1 rings (SSSR count). The number of thiocarbonyl (C=S) groups is 1. The molecule has 0 saturated carbocycles. The lowest BCUT2D eigenvalue weighted by atomic mass is 10.3. The summed E-state index contributed by atoms with van der Waals surface area (Å²) in [6.07, 6.45) is 0.534. The molecule has 6 heteroatoms. The average Bonchev–Trinajstić information content (AvgIpc) is 2.46. The summed E-state index contributed by atoms with van der Waals surface area (Å²) < 4.78 is 0.988. The highest BCUT2D eigenvalue weighted by molar-refractivity contribution is 9.11. The van der Waals surface area contributed by atoms with E-state index in [1.165, 1.54) is 11.3 Å². The molecule has 0 spiro atoms. The van der Waals surface area contributed by atoms with Gasteiger partial charge in [0.25, 0.3) is 5.91 Å². The van der Waals surface area contributed by atoms with Crippen LogP contribution in [-0.4, -0.2) is 17.4 Å². The molecule has 0 radical (unpaired) electrons. The predicted octanol–water partition coefficient (Wildman–Crippen LogP) is 2.23. The second kappa shape index (κ2) is 5.58. The molecule has 1 aromatic heterocycles. The fraction of sp³-hybridized carbons (Fsp3) is 0.333. The lowest BCUT2D eigenvalue weighted by Gasteiger charge is -2.01. The fourth-order valence-electron chi connectivity index (χ4n) is 0.958. The maximum absolute atomic E-state index is 11.6. The van der Waals surface area contributed by atoms with Crippen molar-refractivity contribution in [3.63, 3.8) is 0 Å². The molecule has 0 unspecified atom stereocenters. The average molecular weight is 307 g/mol. The minimum absolute atomic E-state index is 0.0787. The summed E-state index contributed by atoms with van der Waals surface area (Å²) in [7, 11) is 0. The van der Waals surface area contributed by atoms with Gasteiger partial charge in [-0.3, -0.25) is 4.79 Å². The molecule has 1 heterocycles. The lowest BCUT2D eigenvalue weighted by Crippen LogP contribution is -2.26. The van der Waals surface area contributed by atoms with E-state index in [2.05, 4.69) is 21.2 Å². The maximum atomic E-state index is 11.6. The number of halogens is 1. The van der Waals surface area contributed by atoms with Crippen LogP contribution in [0, 0.1) is 6.92 Å². The molecule has 0 aliphatic rings. The third-order valence-electron chi connectivity index (χ3n) is 1.74. The molecule has 0 atom stereocenters. The summed E-state index contributed by atoms with van der Waals surface area (Å²) in [5, 5.41) is 2.75. The quantitative estimate of drug-likeness (QED) is 0.839. The zero-order valence-corrected chi connectivity index (χ0v) is 11.4. The molecule has 3 nitrogen and oxygen atoms in total. The maximum Gasteiger partial charge on any atom is 0.261 e. The Morgan fingerprint density at radius 1 is 1.73 bits per heavy atom. The van der Waals surface area contributed by atoms with Crippen molar-refractivity contribution in [3.8, 4) is 0 Å². The van der Waals surface area contributed by atoms with Crippen LogP contribution in [0.5, 0.6) is 0 Å². The minimum Gasteiger partial charge on any atom is -0.393 e. The Morgan fingerprint density at radius 2 is 2.40 bits per heavy atom. The fourth-order valence-corrected chi connectivity index (χ4v) is 2.51. The van der Waals surface area contributed by atoms with Gasteiger partial charge in [-0.25, -0.2) is 0 Å². The van der Waals surface area contributed by atoms with Gasteiger partial charge in [0.05, 0.1) is 13.7 Å². The molecule has 3 N–H and O–H groups in total.